The molecular formula is C23H25N2+. The molecule has 0 aliphatic heterocycles. The minimum absolute atomic E-state index is 0.0885. The van der Waals surface area contributed by atoms with Crippen molar-refractivity contribution >= 4 is 16.6 Å². The van der Waals surface area contributed by atoms with Crippen molar-refractivity contribution in [3.63, 3.8) is 0 Å². The van der Waals surface area contributed by atoms with Crippen molar-refractivity contribution in [3.05, 3.63) is 70.6 Å². The molecule has 0 aliphatic rings. The number of aromatic nitrogens is 1. The van der Waals surface area contributed by atoms with Gasteiger partial charge in [-0.15, -0.1) is 0 Å². The highest BCUT2D eigenvalue weighted by atomic mass is 14.9. The van der Waals surface area contributed by atoms with E-state index in [4.69, 9.17) is 6.57 Å². The number of rotatable bonds is 1. The smallest absolute Gasteiger partial charge is 0.207 e. The molecular weight excluding hydrogens is 304 g/mol. The predicted molar refractivity (Wildman–Crippen MR) is 105 cm³/mol. The van der Waals surface area contributed by atoms with Crippen LogP contribution in [0.2, 0.25) is 0 Å². The summed E-state index contributed by atoms with van der Waals surface area (Å²) in [5.74, 6) is 0. The van der Waals surface area contributed by atoms with Crippen molar-refractivity contribution in [1.82, 2.24) is 0 Å². The van der Waals surface area contributed by atoms with Gasteiger partial charge in [-0.2, -0.15) is 4.57 Å². The van der Waals surface area contributed by atoms with Crippen LogP contribution in [0.5, 0.6) is 0 Å². The molecule has 25 heavy (non-hydrogen) atoms. The fraction of sp³-hybridized carbons (Fsp3) is 0.304. The molecule has 0 N–H and O–H groups in total. The number of nitrogens with zero attached hydrogens (tertiary/aromatic N) is 2. The summed E-state index contributed by atoms with van der Waals surface area (Å²) in [6.45, 7) is 18.7. The van der Waals surface area contributed by atoms with Gasteiger partial charge in [-0.1, -0.05) is 45.0 Å². The zero-order chi connectivity index (χ0) is 18.4. The highest BCUT2D eigenvalue weighted by molar-refractivity contribution is 5.91. The average molecular weight is 329 g/mol. The van der Waals surface area contributed by atoms with E-state index in [0.717, 1.165) is 16.6 Å². The van der Waals surface area contributed by atoms with Gasteiger partial charge in [0.1, 0.15) is 7.05 Å². The molecule has 2 nitrogen and oxygen atoms in total. The Labute approximate surface area is 150 Å². The van der Waals surface area contributed by atoms with Crippen LogP contribution in [0, 0.1) is 20.4 Å². The van der Waals surface area contributed by atoms with Crippen LogP contribution < -0.4 is 4.57 Å². The number of aryl methyl sites for hydroxylation is 2. The second kappa shape index (κ2) is 6.01. The van der Waals surface area contributed by atoms with Crippen molar-refractivity contribution < 1.29 is 4.57 Å². The topological polar surface area (TPSA) is 8.24 Å². The third-order valence-corrected chi connectivity index (χ3v) is 5.11. The van der Waals surface area contributed by atoms with E-state index in [1.54, 1.807) is 0 Å². The molecule has 0 bridgehead atoms. The van der Waals surface area contributed by atoms with E-state index >= 15 is 0 Å². The van der Waals surface area contributed by atoms with E-state index in [1.807, 2.05) is 24.3 Å². The van der Waals surface area contributed by atoms with E-state index in [2.05, 4.69) is 69.3 Å². The molecule has 3 rings (SSSR count). The monoisotopic (exact) mass is 329 g/mol. The van der Waals surface area contributed by atoms with Gasteiger partial charge in [-0.3, -0.25) is 0 Å². The maximum Gasteiger partial charge on any atom is 0.207 e. The summed E-state index contributed by atoms with van der Waals surface area (Å²) in [6, 6.07) is 14.7. The molecule has 0 saturated heterocycles. The van der Waals surface area contributed by atoms with Crippen molar-refractivity contribution in [3.8, 4) is 11.3 Å². The minimum atomic E-state index is 0.0885. The third-order valence-electron chi connectivity index (χ3n) is 5.11. The maximum atomic E-state index is 7.61. The fourth-order valence-electron chi connectivity index (χ4n) is 3.33. The van der Waals surface area contributed by atoms with Crippen molar-refractivity contribution in [2.45, 2.75) is 40.0 Å². The molecule has 0 saturated carbocycles. The first-order chi connectivity index (χ1) is 11.7. The lowest BCUT2D eigenvalue weighted by molar-refractivity contribution is -0.633. The largest absolute Gasteiger partial charge is 0.237 e. The van der Waals surface area contributed by atoms with Gasteiger partial charge >= 0.3 is 0 Å². The van der Waals surface area contributed by atoms with Crippen LogP contribution in [-0.2, 0) is 12.5 Å². The van der Waals surface area contributed by atoms with E-state index in [-0.39, 0.29) is 5.41 Å². The summed E-state index contributed by atoms with van der Waals surface area (Å²) in [7, 11) is 2.09. The molecule has 2 heteroatoms. The lowest BCUT2D eigenvalue weighted by Crippen LogP contribution is -2.32. The van der Waals surface area contributed by atoms with E-state index in [9.17, 15) is 0 Å². The Balaban J connectivity index is 2.40. The third kappa shape index (κ3) is 2.91. The van der Waals surface area contributed by atoms with E-state index in [0.29, 0.717) is 5.69 Å². The number of benzene rings is 2. The molecule has 1 aromatic heterocycles. The zero-order valence-corrected chi connectivity index (χ0v) is 15.9. The molecule has 3 aromatic rings. The molecule has 0 atom stereocenters. The Bertz CT molecular complexity index is 1010. The Morgan fingerprint density at radius 1 is 1.00 bits per heavy atom. The first kappa shape index (κ1) is 17.2. The quantitative estimate of drug-likeness (QED) is 0.394. The SMILES string of the molecule is [C-]#[N+]c1cc(-c2cc(C(C)(C)C)cc(C)c2C)[n+](C)c2ccccc12. The number of para-hydroxylation sites is 1. The minimum Gasteiger partial charge on any atom is -0.237 e. The van der Waals surface area contributed by atoms with Gasteiger partial charge in [-0.05, 0) is 42.0 Å². The van der Waals surface area contributed by atoms with Gasteiger partial charge in [0.05, 0.1) is 12.0 Å². The number of fused-ring (bicyclic) bond motifs is 1. The first-order valence-electron chi connectivity index (χ1n) is 8.65. The summed E-state index contributed by atoms with van der Waals surface area (Å²) in [4.78, 5) is 3.79. The van der Waals surface area contributed by atoms with Crippen LogP contribution >= 0.6 is 0 Å². The molecule has 1 heterocycles. The van der Waals surface area contributed by atoms with Crippen LogP contribution in [-0.4, -0.2) is 0 Å². The Morgan fingerprint density at radius 3 is 2.32 bits per heavy atom. The summed E-state index contributed by atoms with van der Waals surface area (Å²) in [6.07, 6.45) is 0. The number of hydrogen-bond donors (Lipinski definition) is 0. The maximum absolute atomic E-state index is 7.61. The molecule has 0 spiro atoms. The highest BCUT2D eigenvalue weighted by Gasteiger charge is 2.23. The average Bonchev–Trinajstić information content (AvgIpc) is 2.57. The van der Waals surface area contributed by atoms with E-state index < -0.39 is 0 Å². The van der Waals surface area contributed by atoms with Crippen LogP contribution in [0.3, 0.4) is 0 Å². The molecule has 0 unspecified atom stereocenters. The van der Waals surface area contributed by atoms with Crippen LogP contribution in [0.1, 0.15) is 37.5 Å². The van der Waals surface area contributed by atoms with Crippen molar-refractivity contribution in [2.24, 2.45) is 7.05 Å². The lowest BCUT2D eigenvalue weighted by atomic mass is 9.83. The Morgan fingerprint density at radius 2 is 1.68 bits per heavy atom. The summed E-state index contributed by atoms with van der Waals surface area (Å²) < 4.78 is 2.21. The van der Waals surface area contributed by atoms with E-state index in [1.165, 1.54) is 22.3 Å². The fourth-order valence-corrected chi connectivity index (χ4v) is 3.33. The van der Waals surface area contributed by atoms with Gasteiger partial charge in [0, 0.05) is 17.7 Å². The summed E-state index contributed by atoms with van der Waals surface area (Å²) >= 11 is 0. The molecule has 126 valence electrons. The summed E-state index contributed by atoms with van der Waals surface area (Å²) in [5.41, 5.74) is 8.08. The molecule has 0 radical (unpaired) electrons. The predicted octanol–water partition coefficient (Wildman–Crippen LogP) is 5.80. The molecule has 0 amide bonds. The Hall–Kier alpha value is -2.66. The standard InChI is InChI=1S/C23H25N2/c1-15-12-17(23(3,4)5)13-19(16(15)2)22-14-20(24-6)18-10-8-9-11-21(18)25(22)7/h8-14H,1-5,7H3/q+1. The normalized spacial score (nSPS) is 11.6. The van der Waals surface area contributed by atoms with Gasteiger partial charge in [-0.25, -0.2) is 4.85 Å². The van der Waals surface area contributed by atoms with Gasteiger partial charge < -0.3 is 0 Å². The first-order valence-corrected chi connectivity index (χ1v) is 8.65. The van der Waals surface area contributed by atoms with Crippen molar-refractivity contribution in [2.75, 3.05) is 0 Å². The lowest BCUT2D eigenvalue weighted by Gasteiger charge is -2.22. The van der Waals surface area contributed by atoms with Crippen molar-refractivity contribution in [1.29, 1.82) is 0 Å². The second-order valence-electron chi connectivity index (χ2n) is 7.82. The molecule has 0 fully saturated rings. The molecule has 2 aromatic carbocycles. The van der Waals surface area contributed by atoms with Crippen LogP contribution in [0.15, 0.2) is 42.5 Å². The summed E-state index contributed by atoms with van der Waals surface area (Å²) in [5, 5.41) is 1.00. The number of pyridine rings is 1. The van der Waals surface area contributed by atoms with Gasteiger partial charge in [0.15, 0.2) is 0 Å². The van der Waals surface area contributed by atoms with Gasteiger partial charge in [0.2, 0.25) is 16.9 Å². The molecule has 0 aliphatic carbocycles. The van der Waals surface area contributed by atoms with Gasteiger partial charge in [0.25, 0.3) is 0 Å². The zero-order valence-electron chi connectivity index (χ0n) is 15.9. The second-order valence-corrected chi connectivity index (χ2v) is 7.82. The Kier molecular flexibility index (Phi) is 4.13. The van der Waals surface area contributed by atoms with Crippen LogP contribution in [0.25, 0.3) is 27.0 Å². The number of hydrogen-bond acceptors (Lipinski definition) is 0. The van der Waals surface area contributed by atoms with Crippen LogP contribution in [0.4, 0.5) is 5.69 Å². The highest BCUT2D eigenvalue weighted by Crippen LogP contribution is 2.34.